The number of ether oxygens (including phenoxy) is 2. The Bertz CT molecular complexity index is 1060. The molecule has 5 heterocycles. The van der Waals surface area contributed by atoms with Crippen molar-refractivity contribution in [3.63, 3.8) is 0 Å². The van der Waals surface area contributed by atoms with Gasteiger partial charge in [0.1, 0.15) is 10.6 Å². The van der Waals surface area contributed by atoms with E-state index in [2.05, 4.69) is 24.3 Å². The average molecular weight is 414 g/mol. The zero-order chi connectivity index (χ0) is 20.2. The minimum Gasteiger partial charge on any atom is -0.376 e. The molecule has 0 aliphatic carbocycles. The SMILES string of the molecule is Cc1cc(C)n(-c2nc(NC[C@@H]3CCCO3)c3c4c(sc3n2)COC(C)(C)C4)n1. The van der Waals surface area contributed by atoms with Crippen molar-refractivity contribution in [1.82, 2.24) is 19.7 Å². The van der Waals surface area contributed by atoms with Gasteiger partial charge in [0.25, 0.3) is 5.95 Å². The lowest BCUT2D eigenvalue weighted by atomic mass is 9.94. The Morgan fingerprint density at radius 2 is 2.17 bits per heavy atom. The van der Waals surface area contributed by atoms with Gasteiger partial charge >= 0.3 is 0 Å². The fourth-order valence-electron chi connectivity index (χ4n) is 4.20. The van der Waals surface area contributed by atoms with Gasteiger partial charge in [0.15, 0.2) is 0 Å². The Labute approximate surface area is 174 Å². The van der Waals surface area contributed by atoms with Gasteiger partial charge in [-0.1, -0.05) is 0 Å². The molecule has 7 nitrogen and oxygen atoms in total. The van der Waals surface area contributed by atoms with Gasteiger partial charge in [-0.05, 0) is 52.2 Å². The number of aryl methyl sites for hydroxylation is 2. The Hall–Kier alpha value is -2.03. The zero-order valence-corrected chi connectivity index (χ0v) is 18.2. The first-order valence-corrected chi connectivity index (χ1v) is 11.1. The molecule has 2 aliphatic heterocycles. The fourth-order valence-corrected chi connectivity index (χ4v) is 5.30. The number of aromatic nitrogens is 4. The third-order valence-corrected chi connectivity index (χ3v) is 6.74. The first-order chi connectivity index (χ1) is 13.9. The van der Waals surface area contributed by atoms with E-state index in [1.807, 2.05) is 24.6 Å². The molecule has 5 rings (SSSR count). The highest BCUT2D eigenvalue weighted by atomic mass is 32.1. The van der Waals surface area contributed by atoms with Crippen LogP contribution in [-0.2, 0) is 22.5 Å². The standard InChI is InChI=1S/C21H27N5O2S/c1-12-8-13(2)26(25-12)20-23-18(22-10-14-6-5-7-27-14)17-15-9-21(3,4)28-11-16(15)29-19(17)24-20/h8,14H,5-7,9-11H2,1-4H3,(H,22,23,24)/t14-/m0/s1. The summed E-state index contributed by atoms with van der Waals surface area (Å²) in [6.07, 6.45) is 3.32. The molecular formula is C21H27N5O2S. The maximum Gasteiger partial charge on any atom is 0.254 e. The third kappa shape index (κ3) is 3.53. The number of nitrogens with zero attached hydrogens (tertiary/aromatic N) is 4. The van der Waals surface area contributed by atoms with Crippen LogP contribution in [0.1, 0.15) is 48.5 Å². The van der Waals surface area contributed by atoms with E-state index in [0.29, 0.717) is 12.6 Å². The van der Waals surface area contributed by atoms with E-state index in [1.54, 1.807) is 11.3 Å². The summed E-state index contributed by atoms with van der Waals surface area (Å²) in [5, 5.41) is 9.30. The van der Waals surface area contributed by atoms with Crippen molar-refractivity contribution < 1.29 is 9.47 Å². The lowest BCUT2D eigenvalue weighted by Gasteiger charge is -2.30. The van der Waals surface area contributed by atoms with Crippen LogP contribution in [0.4, 0.5) is 5.82 Å². The van der Waals surface area contributed by atoms with Crippen LogP contribution in [-0.4, -0.2) is 44.6 Å². The molecule has 1 atom stereocenters. The Kier molecular flexibility index (Phi) is 4.60. The van der Waals surface area contributed by atoms with E-state index in [1.165, 1.54) is 10.4 Å². The molecule has 0 radical (unpaired) electrons. The first-order valence-electron chi connectivity index (χ1n) is 10.2. The second kappa shape index (κ2) is 7.04. The lowest BCUT2D eigenvalue weighted by Crippen LogP contribution is -2.31. The minimum atomic E-state index is -0.179. The van der Waals surface area contributed by atoms with Crippen molar-refractivity contribution in [2.75, 3.05) is 18.5 Å². The zero-order valence-electron chi connectivity index (χ0n) is 17.4. The van der Waals surface area contributed by atoms with Crippen LogP contribution in [0.5, 0.6) is 0 Å². The topological polar surface area (TPSA) is 74.1 Å². The minimum absolute atomic E-state index is 0.179. The van der Waals surface area contributed by atoms with Gasteiger partial charge in [-0.15, -0.1) is 11.3 Å². The number of thiophene rings is 1. The quantitative estimate of drug-likeness (QED) is 0.698. The Morgan fingerprint density at radius 3 is 2.90 bits per heavy atom. The summed E-state index contributed by atoms with van der Waals surface area (Å²) in [6.45, 7) is 10.5. The van der Waals surface area contributed by atoms with E-state index in [0.717, 1.165) is 59.8 Å². The van der Waals surface area contributed by atoms with Gasteiger partial charge in [-0.2, -0.15) is 15.1 Å². The summed E-state index contributed by atoms with van der Waals surface area (Å²) in [7, 11) is 0. The van der Waals surface area contributed by atoms with Crippen molar-refractivity contribution in [3.05, 3.63) is 27.9 Å². The summed E-state index contributed by atoms with van der Waals surface area (Å²) in [4.78, 5) is 12.1. The molecule has 3 aromatic rings. The van der Waals surface area contributed by atoms with Crippen LogP contribution in [0.25, 0.3) is 16.2 Å². The largest absolute Gasteiger partial charge is 0.376 e. The molecule has 0 aromatic carbocycles. The maximum absolute atomic E-state index is 6.04. The summed E-state index contributed by atoms with van der Waals surface area (Å²) in [5.41, 5.74) is 3.12. The molecule has 0 amide bonds. The van der Waals surface area contributed by atoms with Gasteiger partial charge in [-0.3, -0.25) is 0 Å². The van der Waals surface area contributed by atoms with Crippen LogP contribution in [0.3, 0.4) is 0 Å². The van der Waals surface area contributed by atoms with Gasteiger partial charge in [-0.25, -0.2) is 4.68 Å². The highest BCUT2D eigenvalue weighted by Crippen LogP contribution is 2.41. The molecular weight excluding hydrogens is 386 g/mol. The molecule has 0 unspecified atom stereocenters. The molecule has 0 saturated carbocycles. The summed E-state index contributed by atoms with van der Waals surface area (Å²) in [5.74, 6) is 1.49. The van der Waals surface area contributed by atoms with Crippen LogP contribution >= 0.6 is 11.3 Å². The summed E-state index contributed by atoms with van der Waals surface area (Å²) in [6, 6.07) is 2.04. The monoisotopic (exact) mass is 413 g/mol. The fraction of sp³-hybridized carbons (Fsp3) is 0.571. The lowest BCUT2D eigenvalue weighted by molar-refractivity contribution is -0.0379. The van der Waals surface area contributed by atoms with Gasteiger partial charge in [0, 0.05) is 30.1 Å². The smallest absolute Gasteiger partial charge is 0.254 e. The van der Waals surface area contributed by atoms with Gasteiger partial charge < -0.3 is 14.8 Å². The molecule has 3 aromatic heterocycles. The molecule has 0 spiro atoms. The molecule has 1 N–H and O–H groups in total. The van der Waals surface area contributed by atoms with Crippen LogP contribution < -0.4 is 5.32 Å². The molecule has 154 valence electrons. The van der Waals surface area contributed by atoms with E-state index >= 15 is 0 Å². The van der Waals surface area contributed by atoms with Gasteiger partial charge in [0.2, 0.25) is 0 Å². The predicted molar refractivity (Wildman–Crippen MR) is 114 cm³/mol. The van der Waals surface area contributed by atoms with Crippen molar-refractivity contribution in [2.45, 2.75) is 65.3 Å². The van der Waals surface area contributed by atoms with E-state index in [4.69, 9.17) is 19.4 Å². The van der Waals surface area contributed by atoms with E-state index in [-0.39, 0.29) is 11.7 Å². The number of fused-ring (bicyclic) bond motifs is 3. The van der Waals surface area contributed by atoms with Crippen molar-refractivity contribution in [1.29, 1.82) is 0 Å². The molecule has 2 aliphatic rings. The second-order valence-corrected chi connectivity index (χ2v) is 9.72. The molecule has 0 bridgehead atoms. The van der Waals surface area contributed by atoms with E-state index < -0.39 is 0 Å². The summed E-state index contributed by atoms with van der Waals surface area (Å²) < 4.78 is 13.7. The maximum atomic E-state index is 6.04. The number of anilines is 1. The van der Waals surface area contributed by atoms with Crippen LogP contribution in [0, 0.1) is 13.8 Å². The summed E-state index contributed by atoms with van der Waals surface area (Å²) >= 11 is 1.71. The normalized spacial score (nSPS) is 20.9. The first kappa shape index (κ1) is 19.0. The number of hydrogen-bond donors (Lipinski definition) is 1. The van der Waals surface area contributed by atoms with Crippen LogP contribution in [0.15, 0.2) is 6.07 Å². The molecule has 8 heteroatoms. The number of rotatable bonds is 4. The molecule has 1 saturated heterocycles. The Morgan fingerprint density at radius 1 is 1.31 bits per heavy atom. The van der Waals surface area contributed by atoms with Crippen LogP contribution in [0.2, 0.25) is 0 Å². The second-order valence-electron chi connectivity index (χ2n) is 8.64. The number of hydrogen-bond acceptors (Lipinski definition) is 7. The van der Waals surface area contributed by atoms with Crippen molar-refractivity contribution in [3.8, 4) is 5.95 Å². The van der Waals surface area contributed by atoms with Gasteiger partial charge in [0.05, 0.1) is 29.4 Å². The predicted octanol–water partition coefficient (Wildman–Crippen LogP) is 3.94. The highest BCUT2D eigenvalue weighted by Gasteiger charge is 2.31. The number of nitrogens with one attached hydrogen (secondary N) is 1. The Balaban J connectivity index is 1.62. The average Bonchev–Trinajstić information content (AvgIpc) is 3.37. The third-order valence-electron chi connectivity index (χ3n) is 5.64. The van der Waals surface area contributed by atoms with Crippen molar-refractivity contribution >= 4 is 27.4 Å². The molecule has 1 fully saturated rings. The molecule has 29 heavy (non-hydrogen) atoms. The highest BCUT2D eigenvalue weighted by molar-refractivity contribution is 7.19. The van der Waals surface area contributed by atoms with E-state index in [9.17, 15) is 0 Å². The van der Waals surface area contributed by atoms with Crippen molar-refractivity contribution in [2.24, 2.45) is 0 Å².